The van der Waals surface area contributed by atoms with E-state index in [1.165, 1.54) is 7.11 Å². The van der Waals surface area contributed by atoms with Crippen LogP contribution in [0.5, 0.6) is 5.75 Å². The monoisotopic (exact) mass is 218 g/mol. The Morgan fingerprint density at radius 3 is 2.62 bits per heavy atom. The van der Waals surface area contributed by atoms with Crippen molar-refractivity contribution in [3.63, 3.8) is 0 Å². The van der Waals surface area contributed by atoms with Crippen molar-refractivity contribution in [2.45, 2.75) is 19.8 Å². The molecule has 3 nitrogen and oxygen atoms in total. The lowest BCUT2D eigenvalue weighted by atomic mass is 10.0. The highest BCUT2D eigenvalue weighted by molar-refractivity contribution is 5.87. The fourth-order valence-electron chi connectivity index (χ4n) is 1.30. The Morgan fingerprint density at radius 2 is 2.12 bits per heavy atom. The lowest BCUT2D eigenvalue weighted by Crippen LogP contribution is -1.94. The molecule has 84 valence electrons. The number of aliphatic carboxylic acids is 1. The zero-order valence-corrected chi connectivity index (χ0v) is 9.57. The molecule has 0 heterocycles. The molecule has 3 heteroatoms. The molecule has 16 heavy (non-hydrogen) atoms. The van der Waals surface area contributed by atoms with Gasteiger partial charge in [-0.3, -0.25) is 0 Å². The van der Waals surface area contributed by atoms with Gasteiger partial charge in [-0.25, -0.2) is 4.79 Å². The van der Waals surface area contributed by atoms with E-state index in [1.54, 1.807) is 6.07 Å². The van der Waals surface area contributed by atoms with Crippen LogP contribution in [0.1, 0.15) is 30.9 Å². The lowest BCUT2D eigenvalue weighted by molar-refractivity contribution is -0.130. The Morgan fingerprint density at radius 1 is 1.44 bits per heavy atom. The van der Waals surface area contributed by atoms with Crippen molar-refractivity contribution in [3.05, 3.63) is 29.3 Å². The lowest BCUT2D eigenvalue weighted by Gasteiger charge is -2.08. The molecule has 1 rings (SSSR count). The number of methoxy groups -OCH3 is 1. The summed E-state index contributed by atoms with van der Waals surface area (Å²) in [7, 11) is 1.54. The summed E-state index contributed by atoms with van der Waals surface area (Å²) in [5.74, 6) is 4.50. The highest BCUT2D eigenvalue weighted by atomic mass is 16.5. The average molecular weight is 218 g/mol. The van der Waals surface area contributed by atoms with Crippen LogP contribution in [0.25, 0.3) is 0 Å². The molecule has 0 aliphatic heterocycles. The van der Waals surface area contributed by atoms with Gasteiger partial charge in [0.1, 0.15) is 5.75 Å². The number of ether oxygens (including phenoxy) is 1. The second kappa shape index (κ2) is 5.22. The summed E-state index contributed by atoms with van der Waals surface area (Å²) >= 11 is 0. The Bertz CT molecular complexity index is 450. The van der Waals surface area contributed by atoms with Crippen LogP contribution in [0.4, 0.5) is 0 Å². The molecule has 0 aromatic heterocycles. The molecule has 0 atom stereocenters. The van der Waals surface area contributed by atoms with Gasteiger partial charge in [-0.05, 0) is 23.6 Å². The van der Waals surface area contributed by atoms with Gasteiger partial charge in [-0.15, -0.1) is 0 Å². The van der Waals surface area contributed by atoms with Gasteiger partial charge in [-0.1, -0.05) is 25.8 Å². The predicted molar refractivity (Wildman–Crippen MR) is 61.6 cm³/mol. The minimum absolute atomic E-state index is 0.372. The van der Waals surface area contributed by atoms with E-state index >= 15 is 0 Å². The number of benzene rings is 1. The molecule has 1 N–H and O–H groups in total. The van der Waals surface area contributed by atoms with Crippen LogP contribution in [0.15, 0.2) is 18.2 Å². The largest absolute Gasteiger partial charge is 0.495 e. The van der Waals surface area contributed by atoms with Crippen molar-refractivity contribution >= 4 is 5.97 Å². The molecule has 0 radical (unpaired) electrons. The van der Waals surface area contributed by atoms with Crippen LogP contribution in [0.3, 0.4) is 0 Å². The Hall–Kier alpha value is -1.95. The quantitative estimate of drug-likeness (QED) is 0.774. The number of carboxylic acids is 1. The van der Waals surface area contributed by atoms with E-state index < -0.39 is 5.97 Å². The van der Waals surface area contributed by atoms with Crippen LogP contribution in [0, 0.1) is 11.8 Å². The zero-order chi connectivity index (χ0) is 12.1. The summed E-state index contributed by atoms with van der Waals surface area (Å²) < 4.78 is 5.12. The van der Waals surface area contributed by atoms with Crippen molar-refractivity contribution in [1.82, 2.24) is 0 Å². The Balaban J connectivity index is 3.18. The molecule has 1 aromatic carbocycles. The average Bonchev–Trinajstić information content (AvgIpc) is 2.25. The number of hydrogen-bond donors (Lipinski definition) is 1. The predicted octanol–water partition coefficient (Wildman–Crippen LogP) is 2.25. The van der Waals surface area contributed by atoms with Crippen LogP contribution >= 0.6 is 0 Å². The van der Waals surface area contributed by atoms with Gasteiger partial charge in [0.05, 0.1) is 12.7 Å². The highest BCUT2D eigenvalue weighted by Crippen LogP contribution is 2.23. The number of carboxylic acid groups (broad SMARTS) is 1. The molecule has 0 saturated heterocycles. The van der Waals surface area contributed by atoms with Crippen molar-refractivity contribution in [2.24, 2.45) is 0 Å². The third-order valence-electron chi connectivity index (χ3n) is 2.19. The summed E-state index contributed by atoms with van der Waals surface area (Å²) in [4.78, 5) is 10.4. The summed E-state index contributed by atoms with van der Waals surface area (Å²) in [6.07, 6.45) is 0. The summed E-state index contributed by atoms with van der Waals surface area (Å²) in [6, 6.07) is 5.62. The van der Waals surface area contributed by atoms with Crippen molar-refractivity contribution in [2.75, 3.05) is 7.11 Å². The van der Waals surface area contributed by atoms with E-state index in [9.17, 15) is 4.79 Å². The minimum Gasteiger partial charge on any atom is -0.495 e. The van der Waals surface area contributed by atoms with E-state index in [2.05, 4.69) is 25.7 Å². The fourth-order valence-corrected chi connectivity index (χ4v) is 1.30. The maximum absolute atomic E-state index is 10.4. The van der Waals surface area contributed by atoms with E-state index in [0.29, 0.717) is 17.2 Å². The van der Waals surface area contributed by atoms with Gasteiger partial charge in [0.25, 0.3) is 0 Å². The van der Waals surface area contributed by atoms with Crippen LogP contribution in [0.2, 0.25) is 0 Å². The van der Waals surface area contributed by atoms with Crippen molar-refractivity contribution < 1.29 is 14.6 Å². The van der Waals surface area contributed by atoms with Crippen LogP contribution < -0.4 is 4.74 Å². The number of carbonyl (C=O) groups is 1. The van der Waals surface area contributed by atoms with Crippen LogP contribution in [-0.2, 0) is 4.79 Å². The molecule has 0 unspecified atom stereocenters. The van der Waals surface area contributed by atoms with E-state index in [0.717, 1.165) is 5.56 Å². The fraction of sp³-hybridized carbons (Fsp3) is 0.308. The smallest absolute Gasteiger partial charge is 0.382 e. The summed E-state index contributed by atoms with van der Waals surface area (Å²) in [5, 5.41) is 8.50. The molecule has 0 spiro atoms. The second-order valence-electron chi connectivity index (χ2n) is 3.67. The molecule has 0 aliphatic rings. The first-order valence-electron chi connectivity index (χ1n) is 4.97. The molecule has 0 saturated carbocycles. The van der Waals surface area contributed by atoms with E-state index in [1.807, 2.05) is 12.1 Å². The third-order valence-corrected chi connectivity index (χ3v) is 2.19. The number of rotatable bonds is 2. The first-order valence-corrected chi connectivity index (χ1v) is 4.97. The Labute approximate surface area is 95.1 Å². The standard InChI is InChI=1S/C13H14O3/c1-9(2)10-4-6-12(16-3)11(8-10)5-7-13(14)15/h4,6,8-9H,1-3H3,(H,14,15). The molecule has 0 aliphatic carbocycles. The Kier molecular flexibility index (Phi) is 3.96. The van der Waals surface area contributed by atoms with E-state index in [4.69, 9.17) is 9.84 Å². The maximum Gasteiger partial charge on any atom is 0.382 e. The third kappa shape index (κ3) is 3.03. The van der Waals surface area contributed by atoms with Crippen molar-refractivity contribution in [3.8, 4) is 17.6 Å². The summed E-state index contributed by atoms with van der Waals surface area (Å²) in [6.45, 7) is 4.13. The van der Waals surface area contributed by atoms with Gasteiger partial charge in [-0.2, -0.15) is 0 Å². The molecular weight excluding hydrogens is 204 g/mol. The molecule has 0 bridgehead atoms. The van der Waals surface area contributed by atoms with Gasteiger partial charge in [0, 0.05) is 5.92 Å². The molecular formula is C13H14O3. The zero-order valence-electron chi connectivity index (χ0n) is 9.57. The first-order chi connectivity index (χ1) is 7.54. The van der Waals surface area contributed by atoms with Gasteiger partial charge < -0.3 is 9.84 Å². The maximum atomic E-state index is 10.4. The first kappa shape index (κ1) is 12.1. The van der Waals surface area contributed by atoms with Crippen molar-refractivity contribution in [1.29, 1.82) is 0 Å². The molecule has 0 amide bonds. The summed E-state index contributed by atoms with van der Waals surface area (Å²) in [5.41, 5.74) is 1.71. The molecule has 1 aromatic rings. The van der Waals surface area contributed by atoms with Gasteiger partial charge in [0.15, 0.2) is 0 Å². The normalized spacial score (nSPS) is 9.50. The topological polar surface area (TPSA) is 46.5 Å². The van der Waals surface area contributed by atoms with E-state index in [-0.39, 0.29) is 0 Å². The van der Waals surface area contributed by atoms with Crippen LogP contribution in [-0.4, -0.2) is 18.2 Å². The highest BCUT2D eigenvalue weighted by Gasteiger charge is 2.05. The van der Waals surface area contributed by atoms with Gasteiger partial charge >= 0.3 is 5.97 Å². The number of hydrogen-bond acceptors (Lipinski definition) is 2. The minimum atomic E-state index is -1.14. The van der Waals surface area contributed by atoms with Gasteiger partial charge in [0.2, 0.25) is 0 Å². The second-order valence-corrected chi connectivity index (χ2v) is 3.67. The SMILES string of the molecule is COc1ccc(C(C)C)cc1C#CC(=O)O. The molecule has 0 fully saturated rings.